The molecule has 0 radical (unpaired) electrons. The molecule has 112 valence electrons. The van der Waals surface area contributed by atoms with Crippen LogP contribution < -0.4 is 5.32 Å². The van der Waals surface area contributed by atoms with Crippen LogP contribution in [0.15, 0.2) is 18.3 Å². The van der Waals surface area contributed by atoms with Crippen molar-refractivity contribution in [3.8, 4) is 0 Å². The van der Waals surface area contributed by atoms with Crippen molar-refractivity contribution < 1.29 is 13.9 Å². The zero-order valence-corrected chi connectivity index (χ0v) is 12.7. The Morgan fingerprint density at radius 1 is 1.45 bits per heavy atom. The zero-order chi connectivity index (χ0) is 15.3. The largest absolute Gasteiger partial charge is 0.444 e. The van der Waals surface area contributed by atoms with E-state index in [2.05, 4.69) is 10.3 Å². The highest BCUT2D eigenvalue weighted by atomic mass is 19.1. The molecule has 20 heavy (non-hydrogen) atoms. The molecular weight excluding hydrogens is 259 g/mol. The standard InChI is InChI=1S/C15H23FN2O2/c1-10(2)8-12(11-6-7-17-13(16)9-11)18-14(19)20-15(3,4)5/h6-7,9-10,12H,8H2,1-5H3,(H,18,19)/t12-/m0/s1. The number of alkyl carbamates (subject to hydrolysis) is 1. The molecule has 5 heteroatoms. The summed E-state index contributed by atoms with van der Waals surface area (Å²) in [6.45, 7) is 9.49. The van der Waals surface area contributed by atoms with Crippen molar-refractivity contribution >= 4 is 6.09 Å². The smallest absolute Gasteiger partial charge is 0.408 e. The summed E-state index contributed by atoms with van der Waals surface area (Å²) in [5.74, 6) is -0.201. The number of ether oxygens (including phenoxy) is 1. The van der Waals surface area contributed by atoms with Crippen LogP contribution in [-0.2, 0) is 4.74 Å². The second-order valence-corrected chi connectivity index (χ2v) is 6.24. The minimum atomic E-state index is -0.560. The van der Waals surface area contributed by atoms with Crippen LogP contribution in [0.4, 0.5) is 9.18 Å². The van der Waals surface area contributed by atoms with Gasteiger partial charge in [-0.25, -0.2) is 9.78 Å². The maximum atomic E-state index is 13.2. The van der Waals surface area contributed by atoms with Crippen LogP contribution in [0.2, 0.25) is 0 Å². The maximum Gasteiger partial charge on any atom is 0.408 e. The van der Waals surface area contributed by atoms with Crippen molar-refractivity contribution in [1.82, 2.24) is 10.3 Å². The van der Waals surface area contributed by atoms with E-state index < -0.39 is 17.6 Å². The lowest BCUT2D eigenvalue weighted by atomic mass is 9.98. The van der Waals surface area contributed by atoms with Gasteiger partial charge in [-0.3, -0.25) is 0 Å². The number of pyridine rings is 1. The van der Waals surface area contributed by atoms with E-state index >= 15 is 0 Å². The van der Waals surface area contributed by atoms with Gasteiger partial charge in [0.05, 0.1) is 6.04 Å². The van der Waals surface area contributed by atoms with Crippen molar-refractivity contribution in [3.05, 3.63) is 29.8 Å². The van der Waals surface area contributed by atoms with Crippen molar-refractivity contribution in [2.45, 2.75) is 52.7 Å². The fraction of sp³-hybridized carbons (Fsp3) is 0.600. The van der Waals surface area contributed by atoms with Crippen LogP contribution in [0.3, 0.4) is 0 Å². The van der Waals surface area contributed by atoms with Gasteiger partial charge in [-0.15, -0.1) is 0 Å². The van der Waals surface area contributed by atoms with E-state index in [-0.39, 0.29) is 6.04 Å². The SMILES string of the molecule is CC(C)C[C@H](NC(=O)OC(C)(C)C)c1ccnc(F)c1. The minimum Gasteiger partial charge on any atom is -0.444 e. The van der Waals surface area contributed by atoms with E-state index in [1.54, 1.807) is 26.8 Å². The third kappa shape index (κ3) is 5.99. The highest BCUT2D eigenvalue weighted by Crippen LogP contribution is 2.22. The molecule has 1 amide bonds. The lowest BCUT2D eigenvalue weighted by molar-refractivity contribution is 0.0497. The second kappa shape index (κ2) is 6.68. The van der Waals surface area contributed by atoms with Crippen LogP contribution in [0.1, 0.15) is 52.6 Å². The van der Waals surface area contributed by atoms with E-state index in [0.717, 1.165) is 0 Å². The average molecular weight is 282 g/mol. The highest BCUT2D eigenvalue weighted by molar-refractivity contribution is 5.68. The number of nitrogens with one attached hydrogen (secondary N) is 1. The van der Waals surface area contributed by atoms with Crippen LogP contribution in [0.25, 0.3) is 0 Å². The molecular formula is C15H23FN2O2. The van der Waals surface area contributed by atoms with Crippen molar-refractivity contribution in [1.29, 1.82) is 0 Å². The van der Waals surface area contributed by atoms with Gasteiger partial charge in [-0.05, 0) is 50.8 Å². The second-order valence-electron chi connectivity index (χ2n) is 6.24. The summed E-state index contributed by atoms with van der Waals surface area (Å²) >= 11 is 0. The van der Waals surface area contributed by atoms with Crippen LogP contribution >= 0.6 is 0 Å². The molecule has 0 unspecified atom stereocenters. The summed E-state index contributed by atoms with van der Waals surface area (Å²) in [4.78, 5) is 15.4. The molecule has 1 N–H and O–H groups in total. The molecule has 4 nitrogen and oxygen atoms in total. The number of carbonyl (C=O) groups is 1. The van der Waals surface area contributed by atoms with Crippen LogP contribution in [0.5, 0.6) is 0 Å². The van der Waals surface area contributed by atoms with E-state index in [0.29, 0.717) is 17.9 Å². The molecule has 0 saturated heterocycles. The number of halogens is 1. The van der Waals surface area contributed by atoms with E-state index in [1.165, 1.54) is 12.3 Å². The predicted octanol–water partition coefficient (Wildman–Crippen LogP) is 3.83. The normalized spacial score (nSPS) is 13.2. The van der Waals surface area contributed by atoms with Gasteiger partial charge in [-0.1, -0.05) is 13.8 Å². The van der Waals surface area contributed by atoms with Gasteiger partial charge in [0.2, 0.25) is 5.95 Å². The lowest BCUT2D eigenvalue weighted by Gasteiger charge is -2.24. The quantitative estimate of drug-likeness (QED) is 0.854. The Kier molecular flexibility index (Phi) is 5.48. The Hall–Kier alpha value is -1.65. The molecule has 0 spiro atoms. The Bertz CT molecular complexity index is 455. The van der Waals surface area contributed by atoms with Gasteiger partial charge in [-0.2, -0.15) is 4.39 Å². The zero-order valence-electron chi connectivity index (χ0n) is 12.7. The molecule has 0 aliphatic rings. The molecule has 0 bridgehead atoms. The van der Waals surface area contributed by atoms with E-state index in [9.17, 15) is 9.18 Å². The van der Waals surface area contributed by atoms with Crippen molar-refractivity contribution in [2.24, 2.45) is 5.92 Å². The van der Waals surface area contributed by atoms with E-state index in [4.69, 9.17) is 4.74 Å². The molecule has 1 rings (SSSR count). The summed E-state index contributed by atoms with van der Waals surface area (Å²) in [5, 5.41) is 2.79. The fourth-order valence-electron chi connectivity index (χ4n) is 1.83. The maximum absolute atomic E-state index is 13.2. The Morgan fingerprint density at radius 2 is 2.10 bits per heavy atom. The summed E-state index contributed by atoms with van der Waals surface area (Å²) in [5.41, 5.74) is 0.132. The number of hydrogen-bond acceptors (Lipinski definition) is 3. The Labute approximate surface area is 119 Å². The Morgan fingerprint density at radius 3 is 2.60 bits per heavy atom. The van der Waals surface area contributed by atoms with Crippen LogP contribution in [-0.4, -0.2) is 16.7 Å². The molecule has 1 heterocycles. The number of amides is 1. The Balaban J connectivity index is 2.82. The number of rotatable bonds is 4. The summed E-state index contributed by atoms with van der Waals surface area (Å²) in [6.07, 6.45) is 1.60. The van der Waals surface area contributed by atoms with Crippen molar-refractivity contribution in [2.75, 3.05) is 0 Å². The summed E-state index contributed by atoms with van der Waals surface area (Å²) in [6, 6.07) is 2.75. The van der Waals surface area contributed by atoms with Gasteiger partial charge < -0.3 is 10.1 Å². The third-order valence-corrected chi connectivity index (χ3v) is 2.55. The van der Waals surface area contributed by atoms with E-state index in [1.807, 2.05) is 13.8 Å². The van der Waals surface area contributed by atoms with Gasteiger partial charge in [0.25, 0.3) is 0 Å². The molecule has 0 aliphatic heterocycles. The first-order valence-corrected chi connectivity index (χ1v) is 6.78. The highest BCUT2D eigenvalue weighted by Gasteiger charge is 2.21. The predicted molar refractivity (Wildman–Crippen MR) is 75.8 cm³/mol. The van der Waals surface area contributed by atoms with Gasteiger partial charge in [0.1, 0.15) is 5.60 Å². The molecule has 0 aromatic carbocycles. The van der Waals surface area contributed by atoms with Gasteiger partial charge in [0, 0.05) is 6.20 Å². The molecule has 1 atom stereocenters. The topological polar surface area (TPSA) is 51.2 Å². The molecule has 0 aliphatic carbocycles. The fourth-order valence-corrected chi connectivity index (χ4v) is 1.83. The first-order valence-electron chi connectivity index (χ1n) is 6.78. The summed E-state index contributed by atoms with van der Waals surface area (Å²) < 4.78 is 18.5. The molecule has 0 fully saturated rings. The number of aromatic nitrogens is 1. The third-order valence-electron chi connectivity index (χ3n) is 2.55. The monoisotopic (exact) mass is 282 g/mol. The number of nitrogens with zero attached hydrogens (tertiary/aromatic N) is 1. The first kappa shape index (κ1) is 16.4. The minimum absolute atomic E-state index is 0.289. The van der Waals surface area contributed by atoms with Crippen molar-refractivity contribution in [3.63, 3.8) is 0 Å². The molecule has 1 aromatic heterocycles. The first-order chi connectivity index (χ1) is 9.17. The molecule has 1 aromatic rings. The lowest BCUT2D eigenvalue weighted by Crippen LogP contribution is -2.35. The number of hydrogen-bond donors (Lipinski definition) is 1. The average Bonchev–Trinajstić information content (AvgIpc) is 2.24. The summed E-state index contributed by atoms with van der Waals surface area (Å²) in [7, 11) is 0. The van der Waals surface area contributed by atoms with Gasteiger partial charge in [0.15, 0.2) is 0 Å². The van der Waals surface area contributed by atoms with Crippen LogP contribution in [0, 0.1) is 11.9 Å². The van der Waals surface area contributed by atoms with Gasteiger partial charge >= 0.3 is 6.09 Å². The molecule has 0 saturated carbocycles. The number of carbonyl (C=O) groups excluding carboxylic acids is 1.